The predicted molar refractivity (Wildman–Crippen MR) is 93.7 cm³/mol. The zero-order chi connectivity index (χ0) is 18.7. The van der Waals surface area contributed by atoms with Crippen molar-refractivity contribution in [1.82, 2.24) is 0 Å². The maximum Gasteiger partial charge on any atom is 0.324 e. The second-order valence-electron chi connectivity index (χ2n) is 5.34. The molecule has 0 bridgehead atoms. The zero-order valence-electron chi connectivity index (χ0n) is 14.7. The van der Waals surface area contributed by atoms with Crippen LogP contribution in [-0.2, 0) is 19.1 Å². The third-order valence-electron chi connectivity index (χ3n) is 3.78. The molecule has 0 heterocycles. The second-order valence-corrected chi connectivity index (χ2v) is 5.34. The van der Waals surface area contributed by atoms with Gasteiger partial charge in [0.05, 0.1) is 14.2 Å². The summed E-state index contributed by atoms with van der Waals surface area (Å²) in [6.45, 7) is 1.62. The maximum atomic E-state index is 12.2. The third kappa shape index (κ3) is 5.32. The Morgan fingerprint density at radius 2 is 1.68 bits per heavy atom. The van der Waals surface area contributed by atoms with E-state index in [0.29, 0.717) is 12.0 Å². The molecule has 0 aromatic heterocycles. The van der Waals surface area contributed by atoms with Gasteiger partial charge in [-0.1, -0.05) is 36.4 Å². The van der Waals surface area contributed by atoms with Gasteiger partial charge >= 0.3 is 11.9 Å². The normalized spacial score (nSPS) is 10.7. The van der Waals surface area contributed by atoms with Gasteiger partial charge in [-0.3, -0.25) is 14.4 Å². The number of allylic oxidation sites excluding steroid dienone is 2. The number of hydrogen-bond donors (Lipinski definition) is 0. The molecular weight excluding hydrogens is 320 g/mol. The number of rotatable bonds is 8. The van der Waals surface area contributed by atoms with Crippen LogP contribution in [0.1, 0.15) is 36.5 Å². The van der Waals surface area contributed by atoms with E-state index in [1.807, 2.05) is 6.07 Å². The highest BCUT2D eigenvalue weighted by Gasteiger charge is 2.47. The van der Waals surface area contributed by atoms with Crippen molar-refractivity contribution in [3.8, 4) is 11.8 Å². The summed E-state index contributed by atoms with van der Waals surface area (Å²) in [6, 6.07) is 8.83. The summed E-state index contributed by atoms with van der Waals surface area (Å²) in [5, 5.41) is 0. The van der Waals surface area contributed by atoms with E-state index < -0.39 is 17.4 Å². The molecular formula is C20H22O5. The molecule has 1 aromatic rings. The smallest absolute Gasteiger partial charge is 0.324 e. The van der Waals surface area contributed by atoms with E-state index in [9.17, 15) is 14.4 Å². The summed E-state index contributed by atoms with van der Waals surface area (Å²) in [6.07, 6.45) is 3.53. The molecule has 0 atom stereocenters. The average molecular weight is 342 g/mol. The second kappa shape index (κ2) is 10.1. The van der Waals surface area contributed by atoms with Gasteiger partial charge < -0.3 is 9.47 Å². The zero-order valence-corrected chi connectivity index (χ0v) is 14.7. The van der Waals surface area contributed by atoms with E-state index in [4.69, 9.17) is 9.47 Å². The number of carbonyl (C=O) groups excluding carboxylic acids is 3. The molecule has 25 heavy (non-hydrogen) atoms. The number of hydrogen-bond acceptors (Lipinski definition) is 5. The molecule has 0 amide bonds. The molecule has 1 aromatic carbocycles. The number of esters is 2. The van der Waals surface area contributed by atoms with Crippen molar-refractivity contribution in [1.29, 1.82) is 0 Å². The fourth-order valence-electron chi connectivity index (χ4n) is 2.37. The summed E-state index contributed by atoms with van der Waals surface area (Å²) in [5.41, 5.74) is -0.921. The lowest BCUT2D eigenvalue weighted by molar-refractivity contribution is -0.169. The van der Waals surface area contributed by atoms with Gasteiger partial charge in [-0.15, -0.1) is 11.8 Å². The van der Waals surface area contributed by atoms with Crippen molar-refractivity contribution < 1.29 is 23.9 Å². The van der Waals surface area contributed by atoms with E-state index >= 15 is 0 Å². The number of ether oxygens (including phenoxy) is 2. The summed E-state index contributed by atoms with van der Waals surface area (Å²) >= 11 is 0. The fourth-order valence-corrected chi connectivity index (χ4v) is 2.37. The Kier molecular flexibility index (Phi) is 8.14. The lowest BCUT2D eigenvalue weighted by Crippen LogP contribution is -2.41. The highest BCUT2D eigenvalue weighted by atomic mass is 16.5. The lowest BCUT2D eigenvalue weighted by atomic mass is 9.80. The first-order chi connectivity index (χ1) is 12.0. The lowest BCUT2D eigenvalue weighted by Gasteiger charge is -2.25. The fraction of sp³-hybridized carbons (Fsp3) is 0.350. The van der Waals surface area contributed by atoms with Gasteiger partial charge in [-0.05, 0) is 25.8 Å². The Morgan fingerprint density at radius 1 is 1.08 bits per heavy atom. The maximum absolute atomic E-state index is 12.2. The molecule has 0 fully saturated rings. The van der Waals surface area contributed by atoms with Crippen molar-refractivity contribution >= 4 is 17.7 Å². The molecule has 5 heteroatoms. The minimum absolute atomic E-state index is 0.00329. The quantitative estimate of drug-likeness (QED) is 0.239. The first-order valence-electron chi connectivity index (χ1n) is 7.84. The Bertz CT molecular complexity index is 676. The highest BCUT2D eigenvalue weighted by Crippen LogP contribution is 2.31. The van der Waals surface area contributed by atoms with Crippen LogP contribution in [0.15, 0.2) is 42.5 Å². The average Bonchev–Trinajstić information content (AvgIpc) is 2.66. The largest absolute Gasteiger partial charge is 0.468 e. The molecule has 1 rings (SSSR count). The summed E-state index contributed by atoms with van der Waals surface area (Å²) in [4.78, 5) is 36.4. The van der Waals surface area contributed by atoms with Crippen LogP contribution in [-0.4, -0.2) is 31.9 Å². The molecule has 0 radical (unpaired) electrons. The van der Waals surface area contributed by atoms with E-state index in [1.54, 1.807) is 37.3 Å². The van der Waals surface area contributed by atoms with Crippen molar-refractivity contribution in [2.45, 2.75) is 26.2 Å². The topological polar surface area (TPSA) is 69.7 Å². The van der Waals surface area contributed by atoms with Crippen LogP contribution >= 0.6 is 0 Å². The molecule has 0 aliphatic rings. The monoisotopic (exact) mass is 342 g/mol. The van der Waals surface area contributed by atoms with Gasteiger partial charge in [0.15, 0.2) is 11.2 Å². The Labute approximate surface area is 148 Å². The molecule has 0 saturated heterocycles. The summed E-state index contributed by atoms with van der Waals surface area (Å²) in [7, 11) is 2.43. The summed E-state index contributed by atoms with van der Waals surface area (Å²) in [5.74, 6) is 3.90. The number of ketones is 1. The summed E-state index contributed by atoms with van der Waals surface area (Å²) < 4.78 is 9.57. The van der Waals surface area contributed by atoms with Crippen molar-refractivity contribution in [2.24, 2.45) is 5.41 Å². The SMILES string of the molecule is CC#CCC(CC/C=C/C(=O)c1ccccc1)(C(=O)OC)C(=O)OC. The Morgan fingerprint density at radius 3 is 2.20 bits per heavy atom. The third-order valence-corrected chi connectivity index (χ3v) is 3.78. The van der Waals surface area contributed by atoms with E-state index in [-0.39, 0.29) is 18.6 Å². The van der Waals surface area contributed by atoms with Crippen LogP contribution in [0.5, 0.6) is 0 Å². The molecule has 0 unspecified atom stereocenters. The number of benzene rings is 1. The Balaban J connectivity index is 2.88. The van der Waals surface area contributed by atoms with Gasteiger partial charge in [-0.2, -0.15) is 0 Å². The minimum Gasteiger partial charge on any atom is -0.468 e. The highest BCUT2D eigenvalue weighted by molar-refractivity contribution is 6.04. The predicted octanol–water partition coefficient (Wildman–Crippen LogP) is 2.95. The van der Waals surface area contributed by atoms with E-state index in [0.717, 1.165) is 0 Å². The van der Waals surface area contributed by atoms with Crippen LogP contribution in [0.3, 0.4) is 0 Å². The minimum atomic E-state index is -1.49. The Hall–Kier alpha value is -2.87. The van der Waals surface area contributed by atoms with E-state index in [2.05, 4.69) is 11.8 Å². The van der Waals surface area contributed by atoms with Crippen LogP contribution in [0.4, 0.5) is 0 Å². The number of methoxy groups -OCH3 is 2. The van der Waals surface area contributed by atoms with Crippen LogP contribution in [0.2, 0.25) is 0 Å². The van der Waals surface area contributed by atoms with Crippen LogP contribution < -0.4 is 0 Å². The van der Waals surface area contributed by atoms with Crippen molar-refractivity contribution in [3.63, 3.8) is 0 Å². The van der Waals surface area contributed by atoms with Gasteiger partial charge in [0, 0.05) is 12.0 Å². The standard InChI is InChI=1S/C20H22O5/c1-4-5-14-20(18(22)24-2,19(23)25-3)15-10-9-13-17(21)16-11-7-6-8-12-16/h6-9,11-13H,10,14-15H2,1-3H3/b13-9+. The van der Waals surface area contributed by atoms with Gasteiger partial charge in [0.2, 0.25) is 0 Å². The van der Waals surface area contributed by atoms with E-state index in [1.165, 1.54) is 20.3 Å². The molecule has 5 nitrogen and oxygen atoms in total. The molecule has 0 spiro atoms. The molecule has 132 valence electrons. The van der Waals surface area contributed by atoms with Gasteiger partial charge in [0.25, 0.3) is 0 Å². The van der Waals surface area contributed by atoms with Crippen molar-refractivity contribution in [3.05, 3.63) is 48.0 Å². The van der Waals surface area contributed by atoms with Gasteiger partial charge in [-0.25, -0.2) is 0 Å². The number of carbonyl (C=O) groups is 3. The molecule has 0 aliphatic carbocycles. The van der Waals surface area contributed by atoms with Gasteiger partial charge in [0.1, 0.15) is 0 Å². The first-order valence-corrected chi connectivity index (χ1v) is 7.84. The molecule has 0 N–H and O–H groups in total. The molecule has 0 saturated carbocycles. The molecule has 0 aliphatic heterocycles. The van der Waals surface area contributed by atoms with Crippen LogP contribution in [0, 0.1) is 17.3 Å². The first kappa shape index (κ1) is 20.2. The van der Waals surface area contributed by atoms with Crippen molar-refractivity contribution in [2.75, 3.05) is 14.2 Å². The van der Waals surface area contributed by atoms with Crippen LogP contribution in [0.25, 0.3) is 0 Å².